The molecule has 1 aromatic heterocycles. The highest BCUT2D eigenvalue weighted by Gasteiger charge is 2.20. The van der Waals surface area contributed by atoms with Crippen LogP contribution in [0.1, 0.15) is 33.0 Å². The molecular weight excluding hydrogens is 312 g/mol. The van der Waals surface area contributed by atoms with Crippen LogP contribution in [-0.4, -0.2) is 39.4 Å². The maximum absolute atomic E-state index is 12.7. The number of carboxylic acid groups (broad SMARTS) is 1. The number of anilines is 1. The molecule has 0 aliphatic carbocycles. The number of carbonyl (C=O) groups excluding carboxylic acids is 2. The molecule has 1 aromatic carbocycles. The van der Waals surface area contributed by atoms with Crippen LogP contribution >= 0.6 is 0 Å². The number of amides is 2. The van der Waals surface area contributed by atoms with Crippen molar-refractivity contribution in [3.63, 3.8) is 0 Å². The molecule has 0 unspecified atom stereocenters. The minimum Gasteiger partial charge on any atom is -0.476 e. The fraction of sp³-hybridized carbons (Fsp3) is 0.188. The van der Waals surface area contributed by atoms with Crippen molar-refractivity contribution in [2.75, 3.05) is 11.4 Å². The number of rotatable bonds is 6. The molecule has 124 valence electrons. The van der Waals surface area contributed by atoms with E-state index in [0.717, 1.165) is 18.0 Å². The molecule has 8 nitrogen and oxygen atoms in total. The number of carboxylic acids is 1. The van der Waals surface area contributed by atoms with Crippen LogP contribution in [0.3, 0.4) is 0 Å². The number of nitrogens with zero attached hydrogens (tertiary/aromatic N) is 3. The molecule has 0 atom stereocenters. The number of benzene rings is 1. The lowest BCUT2D eigenvalue weighted by molar-refractivity contribution is -0.117. The third kappa shape index (κ3) is 4.13. The van der Waals surface area contributed by atoms with E-state index in [1.807, 2.05) is 13.0 Å². The SMILES string of the molecule is Cc1cccc(N(CCC(N)=O)C(=O)c2cnc(C(=O)O)cn2)c1. The van der Waals surface area contributed by atoms with Crippen LogP contribution in [0.15, 0.2) is 36.7 Å². The Labute approximate surface area is 137 Å². The highest BCUT2D eigenvalue weighted by molar-refractivity contribution is 6.05. The van der Waals surface area contributed by atoms with E-state index in [1.165, 1.54) is 4.90 Å². The summed E-state index contributed by atoms with van der Waals surface area (Å²) in [5, 5.41) is 8.83. The Morgan fingerprint density at radius 3 is 2.38 bits per heavy atom. The van der Waals surface area contributed by atoms with E-state index in [9.17, 15) is 14.4 Å². The van der Waals surface area contributed by atoms with Crippen LogP contribution in [0.25, 0.3) is 0 Å². The van der Waals surface area contributed by atoms with Crippen molar-refractivity contribution in [2.24, 2.45) is 5.73 Å². The second kappa shape index (κ2) is 7.32. The zero-order valence-electron chi connectivity index (χ0n) is 13.0. The number of nitrogens with two attached hydrogens (primary N) is 1. The van der Waals surface area contributed by atoms with Gasteiger partial charge in [-0.1, -0.05) is 12.1 Å². The number of aromatic carboxylic acids is 1. The van der Waals surface area contributed by atoms with Gasteiger partial charge in [0.15, 0.2) is 5.69 Å². The van der Waals surface area contributed by atoms with Crippen molar-refractivity contribution < 1.29 is 19.5 Å². The fourth-order valence-corrected chi connectivity index (χ4v) is 2.05. The van der Waals surface area contributed by atoms with Gasteiger partial charge in [0.25, 0.3) is 5.91 Å². The van der Waals surface area contributed by atoms with Gasteiger partial charge in [-0.15, -0.1) is 0 Å². The number of aryl methyl sites for hydroxylation is 1. The Bertz CT molecular complexity index is 774. The molecule has 0 spiro atoms. The fourth-order valence-electron chi connectivity index (χ4n) is 2.05. The van der Waals surface area contributed by atoms with E-state index in [1.54, 1.807) is 18.2 Å². The minimum absolute atomic E-state index is 0.0136. The summed E-state index contributed by atoms with van der Waals surface area (Å²) in [5.74, 6) is -2.26. The highest BCUT2D eigenvalue weighted by atomic mass is 16.4. The van der Waals surface area contributed by atoms with Crippen molar-refractivity contribution in [2.45, 2.75) is 13.3 Å². The van der Waals surface area contributed by atoms with Gasteiger partial charge in [-0.05, 0) is 24.6 Å². The lowest BCUT2D eigenvalue weighted by Crippen LogP contribution is -2.34. The van der Waals surface area contributed by atoms with Gasteiger partial charge >= 0.3 is 5.97 Å². The Kier molecular flexibility index (Phi) is 5.20. The van der Waals surface area contributed by atoms with Crippen molar-refractivity contribution in [1.82, 2.24) is 9.97 Å². The van der Waals surface area contributed by atoms with Crippen LogP contribution in [-0.2, 0) is 4.79 Å². The van der Waals surface area contributed by atoms with Gasteiger partial charge in [0.2, 0.25) is 5.91 Å². The molecule has 0 radical (unpaired) electrons. The highest BCUT2D eigenvalue weighted by Crippen LogP contribution is 2.18. The molecule has 24 heavy (non-hydrogen) atoms. The maximum Gasteiger partial charge on any atom is 0.356 e. The summed E-state index contributed by atoms with van der Waals surface area (Å²) in [5.41, 5.74) is 6.42. The van der Waals surface area contributed by atoms with Gasteiger partial charge in [0, 0.05) is 18.7 Å². The van der Waals surface area contributed by atoms with E-state index in [-0.39, 0.29) is 24.4 Å². The summed E-state index contributed by atoms with van der Waals surface area (Å²) < 4.78 is 0. The number of carbonyl (C=O) groups is 3. The molecule has 2 aromatic rings. The van der Waals surface area contributed by atoms with Crippen molar-refractivity contribution >= 4 is 23.5 Å². The topological polar surface area (TPSA) is 126 Å². The van der Waals surface area contributed by atoms with Gasteiger partial charge in [-0.25, -0.2) is 14.8 Å². The first-order valence-corrected chi connectivity index (χ1v) is 7.10. The normalized spacial score (nSPS) is 10.2. The largest absolute Gasteiger partial charge is 0.476 e. The predicted octanol–water partition coefficient (Wildman–Crippen LogP) is 1.01. The first-order valence-electron chi connectivity index (χ1n) is 7.10. The zero-order valence-corrected chi connectivity index (χ0v) is 13.0. The molecular formula is C16H16N4O4. The first-order chi connectivity index (χ1) is 11.4. The molecule has 0 bridgehead atoms. The van der Waals surface area contributed by atoms with E-state index in [2.05, 4.69) is 9.97 Å². The van der Waals surface area contributed by atoms with Crippen LogP contribution in [0, 0.1) is 6.92 Å². The van der Waals surface area contributed by atoms with Crippen molar-refractivity contribution in [3.8, 4) is 0 Å². The quantitative estimate of drug-likeness (QED) is 0.814. The number of hydrogen-bond acceptors (Lipinski definition) is 5. The molecule has 0 saturated carbocycles. The lowest BCUT2D eigenvalue weighted by Gasteiger charge is -2.22. The van der Waals surface area contributed by atoms with Gasteiger partial charge in [0.1, 0.15) is 5.69 Å². The summed E-state index contributed by atoms with van der Waals surface area (Å²) >= 11 is 0. The molecule has 0 fully saturated rings. The standard InChI is InChI=1S/C16H16N4O4/c1-10-3-2-4-11(7-10)20(6-5-14(17)21)15(22)12-8-19-13(9-18-12)16(23)24/h2-4,7-9H,5-6H2,1H3,(H2,17,21)(H,23,24). The average Bonchev–Trinajstić information content (AvgIpc) is 2.54. The Morgan fingerprint density at radius 2 is 1.83 bits per heavy atom. The van der Waals surface area contributed by atoms with E-state index >= 15 is 0 Å². The van der Waals surface area contributed by atoms with E-state index in [0.29, 0.717) is 5.69 Å². The van der Waals surface area contributed by atoms with Crippen LogP contribution in [0.2, 0.25) is 0 Å². The molecule has 0 aliphatic heterocycles. The second-order valence-corrected chi connectivity index (χ2v) is 5.10. The van der Waals surface area contributed by atoms with E-state index < -0.39 is 17.8 Å². The van der Waals surface area contributed by atoms with Crippen molar-refractivity contribution in [3.05, 3.63) is 53.6 Å². The number of primary amides is 1. The third-order valence-corrected chi connectivity index (χ3v) is 3.23. The smallest absolute Gasteiger partial charge is 0.356 e. The van der Waals surface area contributed by atoms with Crippen LogP contribution in [0.5, 0.6) is 0 Å². The van der Waals surface area contributed by atoms with Crippen LogP contribution < -0.4 is 10.6 Å². The Morgan fingerprint density at radius 1 is 1.17 bits per heavy atom. The zero-order chi connectivity index (χ0) is 17.7. The lowest BCUT2D eigenvalue weighted by atomic mass is 10.2. The monoisotopic (exact) mass is 328 g/mol. The molecule has 8 heteroatoms. The summed E-state index contributed by atoms with van der Waals surface area (Å²) in [6.45, 7) is 1.96. The molecule has 2 amide bonds. The van der Waals surface area contributed by atoms with Gasteiger partial charge in [-0.3, -0.25) is 9.59 Å². The van der Waals surface area contributed by atoms with Crippen molar-refractivity contribution in [1.29, 1.82) is 0 Å². The summed E-state index contributed by atoms with van der Waals surface area (Å²) in [6, 6.07) is 7.18. The molecule has 0 aliphatic rings. The first kappa shape index (κ1) is 17.1. The summed E-state index contributed by atoms with van der Waals surface area (Å²) in [6.07, 6.45) is 2.09. The molecule has 1 heterocycles. The second-order valence-electron chi connectivity index (χ2n) is 5.10. The molecule has 0 saturated heterocycles. The summed E-state index contributed by atoms with van der Waals surface area (Å²) in [7, 11) is 0. The van der Waals surface area contributed by atoms with Crippen LogP contribution in [0.4, 0.5) is 5.69 Å². The van der Waals surface area contributed by atoms with Gasteiger partial charge in [0.05, 0.1) is 12.4 Å². The minimum atomic E-state index is -1.23. The number of hydrogen-bond donors (Lipinski definition) is 2. The maximum atomic E-state index is 12.7. The Hall–Kier alpha value is -3.29. The number of aromatic nitrogens is 2. The predicted molar refractivity (Wildman–Crippen MR) is 85.7 cm³/mol. The summed E-state index contributed by atoms with van der Waals surface area (Å²) in [4.78, 5) is 43.4. The van der Waals surface area contributed by atoms with E-state index in [4.69, 9.17) is 10.8 Å². The third-order valence-electron chi connectivity index (χ3n) is 3.23. The van der Waals surface area contributed by atoms with Gasteiger partial charge in [-0.2, -0.15) is 0 Å². The van der Waals surface area contributed by atoms with Gasteiger partial charge < -0.3 is 15.7 Å². The molecule has 2 rings (SSSR count). The Balaban J connectivity index is 2.33. The average molecular weight is 328 g/mol. The molecule has 3 N–H and O–H groups in total.